The van der Waals surface area contributed by atoms with Gasteiger partial charge in [-0.15, -0.1) is 0 Å². The Balaban J connectivity index is 2.37. The smallest absolute Gasteiger partial charge is 0.263 e. The first-order valence-corrected chi connectivity index (χ1v) is 6.83. The van der Waals surface area contributed by atoms with E-state index in [1.807, 2.05) is 0 Å². The fourth-order valence-corrected chi connectivity index (χ4v) is 2.59. The molecule has 18 heavy (non-hydrogen) atoms. The summed E-state index contributed by atoms with van der Waals surface area (Å²) in [6, 6.07) is 7.55. The van der Waals surface area contributed by atoms with Crippen molar-refractivity contribution in [3.8, 4) is 0 Å². The highest BCUT2D eigenvalue weighted by molar-refractivity contribution is 7.92. The van der Waals surface area contributed by atoms with Crippen LogP contribution in [0, 0.1) is 0 Å². The van der Waals surface area contributed by atoms with Gasteiger partial charge >= 0.3 is 0 Å². The Morgan fingerprint density at radius 3 is 2.72 bits per heavy atom. The molecule has 0 unspecified atom stereocenters. The van der Waals surface area contributed by atoms with E-state index in [0.717, 1.165) is 0 Å². The summed E-state index contributed by atoms with van der Waals surface area (Å²) in [5, 5.41) is 0.275. The van der Waals surface area contributed by atoms with Gasteiger partial charge in [-0.3, -0.25) is 9.71 Å². The van der Waals surface area contributed by atoms with Gasteiger partial charge in [-0.2, -0.15) is 0 Å². The zero-order valence-corrected chi connectivity index (χ0v) is 10.7. The lowest BCUT2D eigenvalue weighted by Gasteiger charge is -2.09. The molecule has 0 fully saturated rings. The number of nitrogens with one attached hydrogen (secondary N) is 1. The fraction of sp³-hybridized carbons (Fsp3) is 0. The lowest BCUT2D eigenvalue weighted by atomic mass is 10.3. The van der Waals surface area contributed by atoms with Gasteiger partial charge < -0.3 is 5.73 Å². The van der Waals surface area contributed by atoms with Crippen molar-refractivity contribution >= 4 is 33.0 Å². The topological polar surface area (TPSA) is 85.1 Å². The highest BCUT2D eigenvalue weighted by atomic mass is 35.5. The SMILES string of the molecule is Nc1ccc(Cl)c(NS(=O)(=O)c2cccnc2)c1. The van der Waals surface area contributed by atoms with Crippen molar-refractivity contribution < 1.29 is 8.42 Å². The summed E-state index contributed by atoms with van der Waals surface area (Å²) in [5.74, 6) is 0. The molecule has 1 aromatic heterocycles. The molecule has 1 aromatic carbocycles. The molecule has 0 saturated heterocycles. The highest BCUT2D eigenvalue weighted by Gasteiger charge is 2.15. The maximum atomic E-state index is 12.0. The molecule has 0 bridgehead atoms. The summed E-state index contributed by atoms with van der Waals surface area (Å²) in [6.07, 6.45) is 2.75. The Labute approximate surface area is 110 Å². The molecule has 2 rings (SSSR count). The Morgan fingerprint density at radius 1 is 1.28 bits per heavy atom. The number of benzene rings is 1. The summed E-state index contributed by atoms with van der Waals surface area (Å²) < 4.78 is 26.4. The van der Waals surface area contributed by atoms with Crippen LogP contribution in [-0.2, 0) is 10.0 Å². The number of halogens is 1. The molecule has 7 heteroatoms. The summed E-state index contributed by atoms with van der Waals surface area (Å²) in [6.45, 7) is 0. The molecule has 94 valence electrons. The van der Waals surface area contributed by atoms with Gasteiger partial charge in [0.25, 0.3) is 10.0 Å². The van der Waals surface area contributed by atoms with Crippen molar-refractivity contribution in [2.45, 2.75) is 4.90 Å². The maximum Gasteiger partial charge on any atom is 0.263 e. The Bertz CT molecular complexity index is 659. The van der Waals surface area contributed by atoms with E-state index in [1.165, 1.54) is 36.7 Å². The second kappa shape index (κ2) is 4.83. The van der Waals surface area contributed by atoms with Gasteiger partial charge in [-0.1, -0.05) is 11.6 Å². The minimum atomic E-state index is -3.71. The molecule has 0 atom stereocenters. The molecule has 3 N–H and O–H groups in total. The van der Waals surface area contributed by atoms with Gasteiger partial charge in [0, 0.05) is 18.1 Å². The van der Waals surface area contributed by atoms with E-state index in [-0.39, 0.29) is 15.6 Å². The van der Waals surface area contributed by atoms with E-state index in [2.05, 4.69) is 9.71 Å². The van der Waals surface area contributed by atoms with Crippen molar-refractivity contribution in [2.75, 3.05) is 10.5 Å². The van der Waals surface area contributed by atoms with Crippen LogP contribution in [0.4, 0.5) is 11.4 Å². The van der Waals surface area contributed by atoms with Crippen LogP contribution in [0.25, 0.3) is 0 Å². The zero-order chi connectivity index (χ0) is 13.2. The van der Waals surface area contributed by atoms with Crippen LogP contribution >= 0.6 is 11.6 Å². The van der Waals surface area contributed by atoms with Crippen LogP contribution < -0.4 is 10.5 Å². The van der Waals surface area contributed by atoms with Crippen molar-refractivity contribution in [3.05, 3.63) is 47.7 Å². The van der Waals surface area contributed by atoms with Gasteiger partial charge in [0.2, 0.25) is 0 Å². The molecule has 0 aliphatic heterocycles. The number of nitrogen functional groups attached to an aromatic ring is 1. The number of anilines is 2. The predicted octanol–water partition coefficient (Wildman–Crippen LogP) is 2.12. The van der Waals surface area contributed by atoms with E-state index in [9.17, 15) is 8.42 Å². The van der Waals surface area contributed by atoms with Crippen LogP contribution in [0.15, 0.2) is 47.6 Å². The van der Waals surface area contributed by atoms with E-state index in [0.29, 0.717) is 5.69 Å². The number of rotatable bonds is 3. The highest BCUT2D eigenvalue weighted by Crippen LogP contribution is 2.26. The molecule has 0 amide bonds. The summed E-state index contributed by atoms with van der Waals surface area (Å²) >= 11 is 5.89. The first kappa shape index (κ1) is 12.7. The van der Waals surface area contributed by atoms with Crippen molar-refractivity contribution in [3.63, 3.8) is 0 Å². The van der Waals surface area contributed by atoms with Crippen molar-refractivity contribution in [1.82, 2.24) is 4.98 Å². The van der Waals surface area contributed by atoms with Gasteiger partial charge in [0.1, 0.15) is 4.90 Å². The third-order valence-corrected chi connectivity index (χ3v) is 3.86. The van der Waals surface area contributed by atoms with Gasteiger partial charge in [0.15, 0.2) is 0 Å². The predicted molar refractivity (Wildman–Crippen MR) is 70.9 cm³/mol. The molecule has 0 aliphatic rings. The number of hydrogen-bond donors (Lipinski definition) is 2. The number of hydrogen-bond acceptors (Lipinski definition) is 4. The number of pyridine rings is 1. The summed E-state index contributed by atoms with van der Waals surface area (Å²) in [4.78, 5) is 3.81. The average Bonchev–Trinajstić information content (AvgIpc) is 2.35. The van der Waals surface area contributed by atoms with Crippen LogP contribution in [-0.4, -0.2) is 13.4 Å². The van der Waals surface area contributed by atoms with E-state index >= 15 is 0 Å². The van der Waals surface area contributed by atoms with E-state index in [1.54, 1.807) is 6.07 Å². The molecule has 0 saturated carbocycles. The molecular weight excluding hydrogens is 274 g/mol. The quantitative estimate of drug-likeness (QED) is 0.845. The summed E-state index contributed by atoms with van der Waals surface area (Å²) in [7, 11) is -3.71. The largest absolute Gasteiger partial charge is 0.399 e. The van der Waals surface area contributed by atoms with Crippen molar-refractivity contribution in [2.24, 2.45) is 0 Å². The molecule has 0 spiro atoms. The van der Waals surface area contributed by atoms with Crippen LogP contribution in [0.1, 0.15) is 0 Å². The Kier molecular flexibility index (Phi) is 3.40. The normalized spacial score (nSPS) is 11.2. The molecule has 1 heterocycles. The molecule has 0 radical (unpaired) electrons. The van der Waals surface area contributed by atoms with Gasteiger partial charge in [-0.25, -0.2) is 8.42 Å². The molecule has 5 nitrogen and oxygen atoms in total. The lowest BCUT2D eigenvalue weighted by Crippen LogP contribution is -2.13. The van der Waals surface area contributed by atoms with Crippen molar-refractivity contribution in [1.29, 1.82) is 0 Å². The Morgan fingerprint density at radius 2 is 2.06 bits per heavy atom. The zero-order valence-electron chi connectivity index (χ0n) is 9.17. The second-order valence-electron chi connectivity index (χ2n) is 3.53. The van der Waals surface area contributed by atoms with Crippen LogP contribution in [0.5, 0.6) is 0 Å². The minimum Gasteiger partial charge on any atom is -0.399 e. The minimum absolute atomic E-state index is 0.0588. The first-order chi connectivity index (χ1) is 8.49. The monoisotopic (exact) mass is 283 g/mol. The average molecular weight is 284 g/mol. The van der Waals surface area contributed by atoms with Gasteiger partial charge in [0.05, 0.1) is 10.7 Å². The van der Waals surface area contributed by atoms with Crippen LogP contribution in [0.3, 0.4) is 0 Å². The Hall–Kier alpha value is -1.79. The fourth-order valence-electron chi connectivity index (χ4n) is 1.33. The van der Waals surface area contributed by atoms with Crippen LogP contribution in [0.2, 0.25) is 5.02 Å². The molecular formula is C11H10ClN3O2S. The molecule has 2 aromatic rings. The number of sulfonamides is 1. The molecule has 0 aliphatic carbocycles. The number of nitrogens with zero attached hydrogens (tertiary/aromatic N) is 1. The third-order valence-electron chi connectivity index (χ3n) is 2.18. The second-order valence-corrected chi connectivity index (χ2v) is 5.62. The summed E-state index contributed by atoms with van der Waals surface area (Å²) in [5.41, 5.74) is 6.24. The first-order valence-electron chi connectivity index (χ1n) is 4.97. The van der Waals surface area contributed by atoms with E-state index < -0.39 is 10.0 Å². The standard InChI is InChI=1S/C11H10ClN3O2S/c12-10-4-3-8(13)6-11(10)15-18(16,17)9-2-1-5-14-7-9/h1-7,15H,13H2. The van der Waals surface area contributed by atoms with Gasteiger partial charge in [-0.05, 0) is 30.3 Å². The third kappa shape index (κ3) is 2.72. The lowest BCUT2D eigenvalue weighted by molar-refractivity contribution is 0.601. The van der Waals surface area contributed by atoms with E-state index in [4.69, 9.17) is 17.3 Å². The number of nitrogens with two attached hydrogens (primary N) is 1. The number of aromatic nitrogens is 1. The maximum absolute atomic E-state index is 12.0.